The number of aromatic nitrogens is 2. The number of hydrogen-bond acceptors (Lipinski definition) is 5. The third-order valence-corrected chi connectivity index (χ3v) is 4.39. The molecule has 0 N–H and O–H groups in total. The molecule has 0 radical (unpaired) electrons. The van der Waals surface area contributed by atoms with E-state index in [-0.39, 0.29) is 10.8 Å². The SMILES string of the molecule is Cc1cc(=O)oc2cc(Oc3cnn(-c4ccccc4)c(=O)c3Cl)ccc12. The van der Waals surface area contributed by atoms with Gasteiger partial charge in [0.15, 0.2) is 10.8 Å². The molecule has 4 rings (SSSR count). The molecule has 2 aromatic heterocycles. The zero-order valence-electron chi connectivity index (χ0n) is 14.2. The molecule has 2 aromatic carbocycles. The molecular formula is C20H13ClN2O4. The largest absolute Gasteiger partial charge is 0.454 e. The van der Waals surface area contributed by atoms with Gasteiger partial charge >= 0.3 is 5.63 Å². The van der Waals surface area contributed by atoms with Crippen LogP contribution in [0.25, 0.3) is 16.7 Å². The van der Waals surface area contributed by atoms with E-state index in [2.05, 4.69) is 5.10 Å². The molecule has 0 bridgehead atoms. The minimum Gasteiger partial charge on any atom is -0.454 e. The molecule has 6 nitrogen and oxygen atoms in total. The van der Waals surface area contributed by atoms with Crippen LogP contribution >= 0.6 is 11.6 Å². The molecule has 134 valence electrons. The van der Waals surface area contributed by atoms with Crippen LogP contribution in [-0.2, 0) is 0 Å². The number of rotatable bonds is 3. The number of aryl methyl sites for hydroxylation is 1. The molecule has 0 spiro atoms. The van der Waals surface area contributed by atoms with Crippen LogP contribution in [0.15, 0.2) is 74.8 Å². The Balaban J connectivity index is 1.73. The molecule has 0 amide bonds. The summed E-state index contributed by atoms with van der Waals surface area (Å²) < 4.78 is 12.1. The number of fused-ring (bicyclic) bond motifs is 1. The number of nitrogens with zero attached hydrogens (tertiary/aromatic N) is 2. The Bertz CT molecular complexity index is 1260. The maximum atomic E-state index is 12.5. The predicted molar refractivity (Wildman–Crippen MR) is 102 cm³/mol. The first kappa shape index (κ1) is 17.1. The summed E-state index contributed by atoms with van der Waals surface area (Å²) in [6.07, 6.45) is 1.37. The van der Waals surface area contributed by atoms with E-state index < -0.39 is 11.2 Å². The van der Waals surface area contributed by atoms with Gasteiger partial charge in [0.2, 0.25) is 0 Å². The lowest BCUT2D eigenvalue weighted by Crippen LogP contribution is -2.21. The molecule has 0 aliphatic heterocycles. The average Bonchev–Trinajstić information content (AvgIpc) is 2.66. The topological polar surface area (TPSA) is 74.3 Å². The Kier molecular flexibility index (Phi) is 4.25. The fourth-order valence-corrected chi connectivity index (χ4v) is 2.91. The Morgan fingerprint density at radius 2 is 1.85 bits per heavy atom. The monoisotopic (exact) mass is 380 g/mol. The van der Waals surface area contributed by atoms with Crippen LogP contribution < -0.4 is 15.9 Å². The van der Waals surface area contributed by atoms with Crippen molar-refractivity contribution in [2.45, 2.75) is 6.92 Å². The number of ether oxygens (including phenoxy) is 1. The zero-order chi connectivity index (χ0) is 19.0. The molecule has 0 unspecified atom stereocenters. The first-order chi connectivity index (χ1) is 13.0. The van der Waals surface area contributed by atoms with Gasteiger partial charge in [0.05, 0.1) is 11.9 Å². The summed E-state index contributed by atoms with van der Waals surface area (Å²) >= 11 is 6.20. The lowest BCUT2D eigenvalue weighted by Gasteiger charge is -2.10. The first-order valence-corrected chi connectivity index (χ1v) is 8.46. The van der Waals surface area contributed by atoms with Crippen molar-refractivity contribution in [3.63, 3.8) is 0 Å². The van der Waals surface area contributed by atoms with Gasteiger partial charge in [-0.2, -0.15) is 9.78 Å². The lowest BCUT2D eigenvalue weighted by molar-refractivity contribution is 0.473. The maximum absolute atomic E-state index is 12.5. The van der Waals surface area contributed by atoms with Gasteiger partial charge in [-0.3, -0.25) is 4.79 Å². The second kappa shape index (κ2) is 6.74. The van der Waals surface area contributed by atoms with E-state index in [0.717, 1.165) is 10.9 Å². The second-order valence-corrected chi connectivity index (χ2v) is 6.26. The summed E-state index contributed by atoms with van der Waals surface area (Å²) in [5.74, 6) is 0.486. The summed E-state index contributed by atoms with van der Waals surface area (Å²) in [6, 6.07) is 15.4. The third kappa shape index (κ3) is 3.22. The van der Waals surface area contributed by atoms with Gasteiger partial charge in [-0.05, 0) is 36.8 Å². The Morgan fingerprint density at radius 3 is 2.63 bits per heavy atom. The van der Waals surface area contributed by atoms with Gasteiger partial charge in [0.25, 0.3) is 5.56 Å². The van der Waals surface area contributed by atoms with Crippen LogP contribution in [0, 0.1) is 6.92 Å². The molecule has 4 aromatic rings. The van der Waals surface area contributed by atoms with Crippen LogP contribution in [0.5, 0.6) is 11.5 Å². The molecule has 0 aliphatic rings. The van der Waals surface area contributed by atoms with Gasteiger partial charge in [0, 0.05) is 17.5 Å². The van der Waals surface area contributed by atoms with Crippen molar-refractivity contribution in [2.24, 2.45) is 0 Å². The van der Waals surface area contributed by atoms with Gasteiger partial charge < -0.3 is 9.15 Å². The predicted octanol–water partition coefficient (Wildman–Crippen LogP) is 4.09. The standard InChI is InChI=1S/C20H13ClN2O4/c1-12-9-18(24)27-16-10-14(7-8-15(12)16)26-17-11-22-23(20(25)19(17)21)13-5-3-2-4-6-13/h2-11H,1H3. The minimum atomic E-state index is -0.497. The minimum absolute atomic E-state index is 0.0976. The molecule has 2 heterocycles. The highest BCUT2D eigenvalue weighted by Gasteiger charge is 2.13. The number of para-hydroxylation sites is 1. The van der Waals surface area contributed by atoms with Crippen molar-refractivity contribution in [3.05, 3.63) is 92.2 Å². The van der Waals surface area contributed by atoms with E-state index in [4.69, 9.17) is 20.8 Å². The van der Waals surface area contributed by atoms with E-state index in [1.807, 2.05) is 13.0 Å². The third-order valence-electron chi connectivity index (χ3n) is 4.04. The zero-order valence-corrected chi connectivity index (χ0v) is 14.9. The Labute approximate surface area is 158 Å². The fraction of sp³-hybridized carbons (Fsp3) is 0.0500. The van der Waals surface area contributed by atoms with Crippen LogP contribution in [0.1, 0.15) is 5.56 Å². The molecular weight excluding hydrogens is 368 g/mol. The van der Waals surface area contributed by atoms with Crippen LogP contribution in [-0.4, -0.2) is 9.78 Å². The van der Waals surface area contributed by atoms with Crippen molar-refractivity contribution in [1.82, 2.24) is 9.78 Å². The van der Waals surface area contributed by atoms with Gasteiger partial charge in [-0.25, -0.2) is 4.79 Å². The van der Waals surface area contributed by atoms with Crippen molar-refractivity contribution in [1.29, 1.82) is 0 Å². The molecule has 27 heavy (non-hydrogen) atoms. The van der Waals surface area contributed by atoms with Gasteiger partial charge in [0.1, 0.15) is 11.3 Å². The quantitative estimate of drug-likeness (QED) is 0.500. The smallest absolute Gasteiger partial charge is 0.336 e. The number of halogens is 1. The Hall–Kier alpha value is -3.38. The van der Waals surface area contributed by atoms with E-state index in [9.17, 15) is 9.59 Å². The Morgan fingerprint density at radius 1 is 1.07 bits per heavy atom. The van der Waals surface area contributed by atoms with Crippen molar-refractivity contribution in [3.8, 4) is 17.2 Å². The first-order valence-electron chi connectivity index (χ1n) is 8.08. The summed E-state index contributed by atoms with van der Waals surface area (Å²) in [6.45, 7) is 1.82. The summed E-state index contributed by atoms with van der Waals surface area (Å²) in [4.78, 5) is 24.1. The van der Waals surface area contributed by atoms with E-state index >= 15 is 0 Å². The number of benzene rings is 2. The van der Waals surface area contributed by atoms with Crippen molar-refractivity contribution < 1.29 is 9.15 Å². The molecule has 0 saturated heterocycles. The highest BCUT2D eigenvalue weighted by molar-refractivity contribution is 6.31. The average molecular weight is 381 g/mol. The normalized spacial score (nSPS) is 10.9. The fourth-order valence-electron chi connectivity index (χ4n) is 2.74. The highest BCUT2D eigenvalue weighted by atomic mass is 35.5. The van der Waals surface area contributed by atoms with E-state index in [0.29, 0.717) is 17.0 Å². The molecule has 7 heteroatoms. The second-order valence-electron chi connectivity index (χ2n) is 5.88. The highest BCUT2D eigenvalue weighted by Crippen LogP contribution is 2.29. The summed E-state index contributed by atoms with van der Waals surface area (Å²) in [5.41, 5.74) is 0.849. The van der Waals surface area contributed by atoms with E-state index in [1.54, 1.807) is 42.5 Å². The number of hydrogen-bond donors (Lipinski definition) is 0. The molecule has 0 atom stereocenters. The molecule has 0 fully saturated rings. The summed E-state index contributed by atoms with van der Waals surface area (Å²) in [5, 5.41) is 4.82. The maximum Gasteiger partial charge on any atom is 0.336 e. The van der Waals surface area contributed by atoms with Crippen molar-refractivity contribution >= 4 is 22.6 Å². The lowest BCUT2D eigenvalue weighted by atomic mass is 10.1. The molecule has 0 aliphatic carbocycles. The van der Waals surface area contributed by atoms with Crippen LogP contribution in [0.4, 0.5) is 0 Å². The van der Waals surface area contributed by atoms with Gasteiger partial charge in [-0.1, -0.05) is 29.8 Å². The molecule has 0 saturated carbocycles. The van der Waals surface area contributed by atoms with Crippen molar-refractivity contribution in [2.75, 3.05) is 0 Å². The van der Waals surface area contributed by atoms with Crippen LogP contribution in [0.3, 0.4) is 0 Å². The van der Waals surface area contributed by atoms with Gasteiger partial charge in [-0.15, -0.1) is 0 Å². The van der Waals surface area contributed by atoms with Crippen LogP contribution in [0.2, 0.25) is 5.02 Å². The summed E-state index contributed by atoms with van der Waals surface area (Å²) in [7, 11) is 0. The van der Waals surface area contributed by atoms with E-state index in [1.165, 1.54) is 16.9 Å².